The van der Waals surface area contributed by atoms with Crippen LogP contribution in [0.3, 0.4) is 0 Å². The van der Waals surface area contributed by atoms with Gasteiger partial charge in [0.15, 0.2) is 0 Å². The van der Waals surface area contributed by atoms with E-state index in [1.54, 1.807) is 6.92 Å². The molecule has 0 aromatic rings. The van der Waals surface area contributed by atoms with Crippen molar-refractivity contribution in [1.29, 1.82) is 0 Å². The molecule has 2 N–H and O–H groups in total. The Hall–Kier alpha value is -0.610. The van der Waals surface area contributed by atoms with Crippen LogP contribution >= 0.6 is 0 Å². The summed E-state index contributed by atoms with van der Waals surface area (Å²) in [7, 11) is 0. The quantitative estimate of drug-likeness (QED) is 0.747. The van der Waals surface area contributed by atoms with E-state index in [9.17, 15) is 4.79 Å². The lowest BCUT2D eigenvalue weighted by atomic mass is 9.87. The van der Waals surface area contributed by atoms with Crippen LogP contribution < -0.4 is 5.73 Å². The van der Waals surface area contributed by atoms with Crippen LogP contribution in [0.5, 0.6) is 0 Å². The fraction of sp³-hybridized carbons (Fsp3) is 0.933. The minimum absolute atomic E-state index is 0.214. The smallest absolute Gasteiger partial charge is 0.219 e. The molecular formula is C15H31N3O. The lowest BCUT2D eigenvalue weighted by molar-refractivity contribution is -0.128. The fourth-order valence-corrected chi connectivity index (χ4v) is 2.55. The number of hydrogen-bond acceptors (Lipinski definition) is 3. The highest BCUT2D eigenvalue weighted by molar-refractivity contribution is 5.73. The molecule has 19 heavy (non-hydrogen) atoms. The molecule has 1 aliphatic rings. The molecule has 0 aromatic carbocycles. The van der Waals surface area contributed by atoms with Gasteiger partial charge in [-0.2, -0.15) is 0 Å². The Bertz CT molecular complexity index is 279. The van der Waals surface area contributed by atoms with Gasteiger partial charge in [-0.15, -0.1) is 0 Å². The van der Waals surface area contributed by atoms with Gasteiger partial charge in [0.25, 0.3) is 0 Å². The molecule has 1 rings (SSSR count). The fourth-order valence-electron chi connectivity index (χ4n) is 2.55. The maximum atomic E-state index is 11.4. The topological polar surface area (TPSA) is 49.6 Å². The summed E-state index contributed by atoms with van der Waals surface area (Å²) in [6, 6.07) is 0. The highest BCUT2D eigenvalue weighted by Crippen LogP contribution is 2.21. The first-order chi connectivity index (χ1) is 8.94. The number of unbranched alkanes of at least 4 members (excludes halogenated alkanes) is 1. The van der Waals surface area contributed by atoms with Crippen molar-refractivity contribution in [3.63, 3.8) is 0 Å². The molecule has 1 fully saturated rings. The van der Waals surface area contributed by atoms with E-state index in [0.717, 1.165) is 45.7 Å². The number of nitrogens with two attached hydrogens (primary N) is 1. The Morgan fingerprint density at radius 3 is 2.53 bits per heavy atom. The van der Waals surface area contributed by atoms with E-state index < -0.39 is 0 Å². The van der Waals surface area contributed by atoms with E-state index in [4.69, 9.17) is 5.73 Å². The van der Waals surface area contributed by atoms with Crippen LogP contribution in [-0.2, 0) is 4.79 Å². The third-order valence-electron chi connectivity index (χ3n) is 4.16. The summed E-state index contributed by atoms with van der Waals surface area (Å²) in [6.07, 6.45) is 4.80. The van der Waals surface area contributed by atoms with Crippen LogP contribution in [0.2, 0.25) is 0 Å². The van der Waals surface area contributed by atoms with Gasteiger partial charge in [0.1, 0.15) is 0 Å². The van der Waals surface area contributed by atoms with Crippen molar-refractivity contribution in [2.45, 2.75) is 46.5 Å². The third kappa shape index (κ3) is 6.39. The maximum Gasteiger partial charge on any atom is 0.219 e. The van der Waals surface area contributed by atoms with Crippen LogP contribution in [0, 0.1) is 5.41 Å². The predicted octanol–water partition coefficient (Wildman–Crippen LogP) is 1.70. The molecule has 0 aliphatic carbocycles. The van der Waals surface area contributed by atoms with E-state index in [-0.39, 0.29) is 11.3 Å². The molecule has 1 amide bonds. The zero-order chi connectivity index (χ0) is 14.3. The van der Waals surface area contributed by atoms with Crippen LogP contribution in [0.1, 0.15) is 46.5 Å². The monoisotopic (exact) mass is 269 g/mol. The van der Waals surface area contributed by atoms with Gasteiger partial charge in [0, 0.05) is 26.6 Å². The molecule has 0 spiro atoms. The van der Waals surface area contributed by atoms with Gasteiger partial charge in [-0.1, -0.05) is 20.3 Å². The second-order valence-corrected chi connectivity index (χ2v) is 6.53. The maximum absolute atomic E-state index is 11.4. The summed E-state index contributed by atoms with van der Waals surface area (Å²) >= 11 is 0. The summed E-state index contributed by atoms with van der Waals surface area (Å²) in [5.41, 5.74) is 6.03. The van der Waals surface area contributed by atoms with Crippen LogP contribution in [0.15, 0.2) is 0 Å². The number of nitrogens with zero attached hydrogens (tertiary/aromatic N) is 2. The van der Waals surface area contributed by atoms with Gasteiger partial charge in [-0.25, -0.2) is 0 Å². The van der Waals surface area contributed by atoms with Crippen LogP contribution in [-0.4, -0.2) is 55.0 Å². The molecule has 112 valence electrons. The molecule has 0 radical (unpaired) electrons. The second-order valence-electron chi connectivity index (χ2n) is 6.53. The van der Waals surface area contributed by atoms with Gasteiger partial charge in [-0.3, -0.25) is 4.79 Å². The molecule has 1 aliphatic heterocycles. The molecule has 4 heteroatoms. The summed E-state index contributed by atoms with van der Waals surface area (Å²) in [4.78, 5) is 15.8. The van der Waals surface area contributed by atoms with Crippen molar-refractivity contribution < 1.29 is 4.79 Å². The number of hydrogen-bond donors (Lipinski definition) is 1. The minimum Gasteiger partial charge on any atom is -0.342 e. The van der Waals surface area contributed by atoms with E-state index in [1.165, 1.54) is 19.3 Å². The number of amides is 1. The van der Waals surface area contributed by atoms with Crippen molar-refractivity contribution in [2.24, 2.45) is 11.1 Å². The lowest BCUT2D eigenvalue weighted by Crippen LogP contribution is -2.34. The molecule has 0 bridgehead atoms. The van der Waals surface area contributed by atoms with Gasteiger partial charge < -0.3 is 15.5 Å². The first-order valence-corrected chi connectivity index (χ1v) is 7.62. The summed E-state index contributed by atoms with van der Waals surface area (Å²) < 4.78 is 0. The zero-order valence-corrected chi connectivity index (χ0v) is 13.0. The minimum atomic E-state index is 0.214. The Kier molecular flexibility index (Phi) is 6.80. The molecule has 0 saturated carbocycles. The van der Waals surface area contributed by atoms with Crippen molar-refractivity contribution in [3.05, 3.63) is 0 Å². The molecule has 4 nitrogen and oxygen atoms in total. The Morgan fingerprint density at radius 2 is 1.89 bits per heavy atom. The van der Waals surface area contributed by atoms with Crippen molar-refractivity contribution in [1.82, 2.24) is 9.80 Å². The zero-order valence-electron chi connectivity index (χ0n) is 13.0. The summed E-state index contributed by atoms with van der Waals surface area (Å²) in [5.74, 6) is 0.214. The van der Waals surface area contributed by atoms with Gasteiger partial charge in [0.05, 0.1) is 0 Å². The highest BCUT2D eigenvalue weighted by atomic mass is 16.2. The number of carbonyl (C=O) groups excluding carboxylic acids is 1. The lowest BCUT2D eigenvalue weighted by Gasteiger charge is -2.24. The standard InChI is InChI=1S/C15H31N3O/c1-14(19)18-10-6-9-17(11-12-18)8-5-4-7-15(2,3)13-16/h4-13,16H2,1-3H3. The molecule has 0 aromatic heterocycles. The van der Waals surface area contributed by atoms with Crippen LogP contribution in [0.25, 0.3) is 0 Å². The average Bonchev–Trinajstić information content (AvgIpc) is 2.60. The largest absolute Gasteiger partial charge is 0.342 e. The van der Waals surface area contributed by atoms with E-state index in [2.05, 4.69) is 18.7 Å². The van der Waals surface area contributed by atoms with Crippen molar-refractivity contribution in [3.8, 4) is 0 Å². The SMILES string of the molecule is CC(=O)N1CCCN(CCCCC(C)(C)CN)CC1. The third-order valence-corrected chi connectivity index (χ3v) is 4.16. The molecule has 0 atom stereocenters. The first-order valence-electron chi connectivity index (χ1n) is 7.62. The van der Waals surface area contributed by atoms with Gasteiger partial charge >= 0.3 is 0 Å². The normalized spacial score (nSPS) is 18.4. The predicted molar refractivity (Wildman–Crippen MR) is 80.0 cm³/mol. The molecule has 1 heterocycles. The Labute approximate surface area is 118 Å². The first kappa shape index (κ1) is 16.4. The number of carbonyl (C=O) groups is 1. The Balaban J connectivity index is 2.18. The Morgan fingerprint density at radius 1 is 1.16 bits per heavy atom. The van der Waals surface area contributed by atoms with Crippen molar-refractivity contribution in [2.75, 3.05) is 39.3 Å². The van der Waals surface area contributed by atoms with Gasteiger partial charge in [-0.05, 0) is 44.3 Å². The van der Waals surface area contributed by atoms with E-state index >= 15 is 0 Å². The summed E-state index contributed by atoms with van der Waals surface area (Å²) in [6.45, 7) is 12.0. The average molecular weight is 269 g/mol. The highest BCUT2D eigenvalue weighted by Gasteiger charge is 2.17. The number of rotatable bonds is 6. The van der Waals surface area contributed by atoms with Crippen LogP contribution in [0.4, 0.5) is 0 Å². The van der Waals surface area contributed by atoms with Crippen molar-refractivity contribution >= 4 is 5.91 Å². The second kappa shape index (κ2) is 7.85. The molecule has 1 saturated heterocycles. The molecular weight excluding hydrogens is 238 g/mol. The van der Waals surface area contributed by atoms with E-state index in [0.29, 0.717) is 0 Å². The van der Waals surface area contributed by atoms with Gasteiger partial charge in [0.2, 0.25) is 5.91 Å². The summed E-state index contributed by atoms with van der Waals surface area (Å²) in [5, 5.41) is 0. The van der Waals surface area contributed by atoms with E-state index in [1.807, 2.05) is 4.90 Å². The molecule has 0 unspecified atom stereocenters.